The number of rotatable bonds is 11. The predicted molar refractivity (Wildman–Crippen MR) is 152 cm³/mol. The number of nitrogens with zero attached hydrogens (tertiary/aromatic N) is 2. The smallest absolute Gasteiger partial charge is 0.264 e. The Balaban J connectivity index is 2.07. The van der Waals surface area contributed by atoms with Gasteiger partial charge in [-0.2, -0.15) is 0 Å². The zero-order valence-corrected chi connectivity index (χ0v) is 23.7. The van der Waals surface area contributed by atoms with Crippen LogP contribution in [0.3, 0.4) is 0 Å². The van der Waals surface area contributed by atoms with Crippen LogP contribution in [0.5, 0.6) is 0 Å². The van der Waals surface area contributed by atoms with Gasteiger partial charge in [0.05, 0.1) is 10.6 Å². The van der Waals surface area contributed by atoms with Gasteiger partial charge in [-0.3, -0.25) is 13.9 Å². The van der Waals surface area contributed by atoms with Crippen LogP contribution in [-0.2, 0) is 26.2 Å². The maximum atomic E-state index is 13.9. The first-order chi connectivity index (χ1) is 18.1. The van der Waals surface area contributed by atoms with Crippen molar-refractivity contribution >= 4 is 39.1 Å². The number of aryl methyl sites for hydroxylation is 2. The molecule has 1 N–H and O–H groups in total. The largest absolute Gasteiger partial charge is 0.355 e. The third kappa shape index (κ3) is 6.94. The number of carbonyl (C=O) groups excluding carboxylic acids is 2. The number of carbonyl (C=O) groups is 2. The topological polar surface area (TPSA) is 86.8 Å². The van der Waals surface area contributed by atoms with Crippen molar-refractivity contribution in [3.63, 3.8) is 0 Å². The Morgan fingerprint density at radius 1 is 0.921 bits per heavy atom. The summed E-state index contributed by atoms with van der Waals surface area (Å²) in [6, 6.07) is 19.7. The summed E-state index contributed by atoms with van der Waals surface area (Å²) in [6.45, 7) is 7.57. The molecule has 0 unspecified atom stereocenters. The number of sulfonamides is 1. The first-order valence-corrected chi connectivity index (χ1v) is 14.4. The highest BCUT2D eigenvalue weighted by molar-refractivity contribution is 7.92. The monoisotopic (exact) mass is 555 g/mol. The Labute approximate surface area is 230 Å². The van der Waals surface area contributed by atoms with Crippen molar-refractivity contribution in [2.24, 2.45) is 0 Å². The summed E-state index contributed by atoms with van der Waals surface area (Å²) in [5, 5.41) is 3.20. The highest BCUT2D eigenvalue weighted by atomic mass is 35.5. The molecule has 3 aromatic rings. The van der Waals surface area contributed by atoms with Gasteiger partial charge >= 0.3 is 0 Å². The second-order valence-electron chi connectivity index (χ2n) is 9.06. The third-order valence-electron chi connectivity index (χ3n) is 6.39. The van der Waals surface area contributed by atoms with Crippen LogP contribution in [0.25, 0.3) is 0 Å². The van der Waals surface area contributed by atoms with Crippen molar-refractivity contribution in [1.29, 1.82) is 0 Å². The van der Waals surface area contributed by atoms with Crippen LogP contribution in [0, 0.1) is 13.8 Å². The lowest BCUT2D eigenvalue weighted by Gasteiger charge is -2.33. The van der Waals surface area contributed by atoms with E-state index >= 15 is 0 Å². The van der Waals surface area contributed by atoms with Gasteiger partial charge in [0.25, 0.3) is 10.0 Å². The number of nitrogens with one attached hydrogen (secondary N) is 1. The lowest BCUT2D eigenvalue weighted by atomic mass is 10.1. The number of likely N-dealkylation sites (N-methyl/N-ethyl adjacent to an activating group) is 1. The van der Waals surface area contributed by atoms with E-state index in [9.17, 15) is 18.0 Å². The fourth-order valence-electron chi connectivity index (χ4n) is 4.13. The molecule has 0 heterocycles. The van der Waals surface area contributed by atoms with Crippen molar-refractivity contribution < 1.29 is 18.0 Å². The summed E-state index contributed by atoms with van der Waals surface area (Å²) in [5.41, 5.74) is 3.09. The zero-order chi connectivity index (χ0) is 27.9. The van der Waals surface area contributed by atoms with Crippen LogP contribution >= 0.6 is 11.6 Å². The maximum absolute atomic E-state index is 13.9. The quantitative estimate of drug-likeness (QED) is 0.357. The molecule has 0 saturated heterocycles. The maximum Gasteiger partial charge on any atom is 0.264 e. The summed E-state index contributed by atoms with van der Waals surface area (Å²) >= 11 is 6.00. The van der Waals surface area contributed by atoms with E-state index in [2.05, 4.69) is 5.32 Å². The van der Waals surface area contributed by atoms with E-state index < -0.39 is 28.5 Å². The number of hydrogen-bond donors (Lipinski definition) is 1. The Kier molecular flexibility index (Phi) is 9.94. The SMILES string of the molecule is CCNC(=O)[C@@H](CC)N(Cc1ccccc1)C(=O)CN(c1ccc(C)c(C)c1)S(=O)(=O)c1ccc(Cl)cc1. The van der Waals surface area contributed by atoms with Gasteiger partial charge in [-0.15, -0.1) is 0 Å². The van der Waals surface area contributed by atoms with E-state index in [0.717, 1.165) is 21.0 Å². The van der Waals surface area contributed by atoms with E-state index in [1.165, 1.54) is 29.2 Å². The molecule has 0 aliphatic carbocycles. The number of amides is 2. The molecule has 2 amide bonds. The molecule has 0 bridgehead atoms. The van der Waals surface area contributed by atoms with E-state index in [4.69, 9.17) is 11.6 Å². The predicted octanol–water partition coefficient (Wildman–Crippen LogP) is 5.10. The fourth-order valence-corrected chi connectivity index (χ4v) is 5.67. The average molecular weight is 556 g/mol. The van der Waals surface area contributed by atoms with Crippen LogP contribution in [0.15, 0.2) is 77.7 Å². The van der Waals surface area contributed by atoms with Gasteiger partial charge in [0, 0.05) is 18.1 Å². The molecule has 0 aliphatic heterocycles. The molecule has 9 heteroatoms. The first kappa shape index (κ1) is 29.2. The Bertz CT molecular complexity index is 1360. The van der Waals surface area contributed by atoms with Gasteiger partial charge in [0.1, 0.15) is 12.6 Å². The number of hydrogen-bond acceptors (Lipinski definition) is 4. The Hall–Kier alpha value is -3.36. The first-order valence-electron chi connectivity index (χ1n) is 12.5. The number of benzene rings is 3. The van der Waals surface area contributed by atoms with E-state index in [1.54, 1.807) is 12.1 Å². The molecule has 3 aromatic carbocycles. The third-order valence-corrected chi connectivity index (χ3v) is 8.43. The van der Waals surface area contributed by atoms with Crippen LogP contribution in [0.4, 0.5) is 5.69 Å². The molecule has 0 aromatic heterocycles. The van der Waals surface area contributed by atoms with Crippen molar-refractivity contribution in [3.8, 4) is 0 Å². The minimum absolute atomic E-state index is 0.0123. The van der Waals surface area contributed by atoms with E-state index in [1.807, 2.05) is 64.1 Å². The van der Waals surface area contributed by atoms with Crippen molar-refractivity contribution in [1.82, 2.24) is 10.2 Å². The fraction of sp³-hybridized carbons (Fsp3) is 0.310. The number of halogens is 1. The van der Waals surface area contributed by atoms with Gasteiger partial charge in [-0.05, 0) is 80.3 Å². The molecular weight excluding hydrogens is 522 g/mol. The molecule has 202 valence electrons. The van der Waals surface area contributed by atoms with E-state index in [0.29, 0.717) is 23.7 Å². The average Bonchev–Trinajstić information content (AvgIpc) is 2.89. The number of anilines is 1. The molecule has 38 heavy (non-hydrogen) atoms. The molecule has 0 saturated carbocycles. The lowest BCUT2D eigenvalue weighted by Crippen LogP contribution is -2.52. The second kappa shape index (κ2) is 12.9. The minimum atomic E-state index is -4.14. The van der Waals surface area contributed by atoms with Gasteiger partial charge in [0.2, 0.25) is 11.8 Å². The van der Waals surface area contributed by atoms with Crippen LogP contribution in [0.2, 0.25) is 5.02 Å². The second-order valence-corrected chi connectivity index (χ2v) is 11.4. The summed E-state index contributed by atoms with van der Waals surface area (Å²) < 4.78 is 28.8. The summed E-state index contributed by atoms with van der Waals surface area (Å²) in [4.78, 5) is 28.4. The van der Waals surface area contributed by atoms with Gasteiger partial charge < -0.3 is 10.2 Å². The molecule has 0 fully saturated rings. The molecule has 3 rings (SSSR count). The van der Waals surface area contributed by atoms with Crippen molar-refractivity contribution in [2.75, 3.05) is 17.4 Å². The minimum Gasteiger partial charge on any atom is -0.355 e. The highest BCUT2D eigenvalue weighted by Crippen LogP contribution is 2.27. The summed E-state index contributed by atoms with van der Waals surface area (Å²) in [6.07, 6.45) is 0.373. The van der Waals surface area contributed by atoms with Crippen LogP contribution < -0.4 is 9.62 Å². The van der Waals surface area contributed by atoms with Crippen LogP contribution in [-0.4, -0.2) is 44.3 Å². The standard InChI is InChI=1S/C29H34ClN3O4S/c1-5-27(29(35)31-6-2)32(19-23-10-8-7-9-11-23)28(34)20-33(25-15-12-21(3)22(4)18-25)38(36,37)26-16-13-24(30)14-17-26/h7-18,27H,5-6,19-20H2,1-4H3,(H,31,35)/t27-/m1/s1. The van der Waals surface area contributed by atoms with Crippen molar-refractivity contribution in [3.05, 3.63) is 94.5 Å². The normalized spacial score (nSPS) is 12.0. The molecule has 0 spiro atoms. The Morgan fingerprint density at radius 3 is 2.16 bits per heavy atom. The summed E-state index contributed by atoms with van der Waals surface area (Å²) in [5.74, 6) is -0.764. The molecule has 7 nitrogen and oxygen atoms in total. The van der Waals surface area contributed by atoms with Gasteiger partial charge in [-0.1, -0.05) is 54.9 Å². The molecular formula is C29H34ClN3O4S. The zero-order valence-electron chi connectivity index (χ0n) is 22.1. The van der Waals surface area contributed by atoms with Crippen molar-refractivity contribution in [2.45, 2.75) is 51.6 Å². The molecule has 0 radical (unpaired) electrons. The summed E-state index contributed by atoms with van der Waals surface area (Å²) in [7, 11) is -4.14. The van der Waals surface area contributed by atoms with Crippen LogP contribution in [0.1, 0.15) is 37.0 Å². The Morgan fingerprint density at radius 2 is 1.58 bits per heavy atom. The van der Waals surface area contributed by atoms with Gasteiger partial charge in [-0.25, -0.2) is 8.42 Å². The lowest BCUT2D eigenvalue weighted by molar-refractivity contribution is -0.140. The molecule has 1 atom stereocenters. The van der Waals surface area contributed by atoms with E-state index in [-0.39, 0.29) is 17.3 Å². The molecule has 0 aliphatic rings. The van der Waals surface area contributed by atoms with Gasteiger partial charge in [0.15, 0.2) is 0 Å². The highest BCUT2D eigenvalue weighted by Gasteiger charge is 2.33.